The summed E-state index contributed by atoms with van der Waals surface area (Å²) in [6.07, 6.45) is 0.116. The van der Waals surface area contributed by atoms with E-state index in [-0.39, 0.29) is 18.5 Å². The number of rotatable bonds is 2. The van der Waals surface area contributed by atoms with Crippen molar-refractivity contribution in [3.8, 4) is 16.9 Å². The van der Waals surface area contributed by atoms with Crippen LogP contribution in [0.1, 0.15) is 5.56 Å². The summed E-state index contributed by atoms with van der Waals surface area (Å²) in [5.41, 5.74) is 1.78. The molecule has 104 valence electrons. The fraction of sp³-hybridized carbons (Fsp3) is 0.200. The minimum absolute atomic E-state index is 0.119. The molecule has 0 bridgehead atoms. The molecule has 2 aromatic rings. The van der Waals surface area contributed by atoms with Crippen molar-refractivity contribution in [1.82, 2.24) is 0 Å². The molecular formula is C15H11Cl2FO2. The van der Waals surface area contributed by atoms with Gasteiger partial charge in [-0.2, -0.15) is 0 Å². The topological polar surface area (TPSA) is 29.5 Å². The summed E-state index contributed by atoms with van der Waals surface area (Å²) in [6.45, 7) is -0.119. The van der Waals surface area contributed by atoms with Crippen LogP contribution in [-0.4, -0.2) is 17.8 Å². The Kier molecular flexibility index (Phi) is 3.59. The molecule has 5 heteroatoms. The van der Waals surface area contributed by atoms with Gasteiger partial charge in [0.05, 0.1) is 16.7 Å². The van der Waals surface area contributed by atoms with Crippen molar-refractivity contribution in [3.05, 3.63) is 51.8 Å². The number of hydrogen-bond acceptors (Lipinski definition) is 2. The van der Waals surface area contributed by atoms with Crippen molar-refractivity contribution in [3.63, 3.8) is 0 Å². The Hall–Kier alpha value is -1.29. The van der Waals surface area contributed by atoms with Gasteiger partial charge in [0.2, 0.25) is 0 Å². The van der Waals surface area contributed by atoms with Crippen molar-refractivity contribution in [1.29, 1.82) is 0 Å². The first-order valence-electron chi connectivity index (χ1n) is 6.14. The molecule has 2 aromatic carbocycles. The van der Waals surface area contributed by atoms with E-state index in [1.165, 1.54) is 12.1 Å². The van der Waals surface area contributed by atoms with Gasteiger partial charge in [0, 0.05) is 23.1 Å². The minimum atomic E-state index is -0.378. The molecule has 3 rings (SSSR count). The summed E-state index contributed by atoms with van der Waals surface area (Å²) in [5, 5.41) is 10.1. The summed E-state index contributed by atoms with van der Waals surface area (Å²) in [6, 6.07) is 7.88. The molecule has 0 aliphatic carbocycles. The highest BCUT2D eigenvalue weighted by molar-refractivity contribution is 6.39. The molecule has 1 atom stereocenters. The average molecular weight is 313 g/mol. The van der Waals surface area contributed by atoms with Gasteiger partial charge < -0.3 is 9.84 Å². The highest BCUT2D eigenvalue weighted by atomic mass is 35.5. The first-order valence-corrected chi connectivity index (χ1v) is 6.90. The SMILES string of the molecule is OCC1Cc2cc(F)cc(-c3c(Cl)cccc3Cl)c2O1. The van der Waals surface area contributed by atoms with Gasteiger partial charge >= 0.3 is 0 Å². The number of halogens is 3. The van der Waals surface area contributed by atoms with Crippen LogP contribution in [0.3, 0.4) is 0 Å². The lowest BCUT2D eigenvalue weighted by molar-refractivity contribution is 0.135. The van der Waals surface area contributed by atoms with Crippen LogP contribution in [0.15, 0.2) is 30.3 Å². The van der Waals surface area contributed by atoms with Crippen molar-refractivity contribution in [2.75, 3.05) is 6.61 Å². The lowest BCUT2D eigenvalue weighted by Crippen LogP contribution is -2.17. The third-order valence-corrected chi connectivity index (χ3v) is 3.93. The van der Waals surface area contributed by atoms with E-state index in [1.807, 2.05) is 0 Å². The van der Waals surface area contributed by atoms with Crippen LogP contribution in [0.4, 0.5) is 4.39 Å². The lowest BCUT2D eigenvalue weighted by Gasteiger charge is -2.13. The lowest BCUT2D eigenvalue weighted by atomic mass is 10.00. The zero-order valence-corrected chi connectivity index (χ0v) is 11.9. The highest BCUT2D eigenvalue weighted by Gasteiger charge is 2.27. The highest BCUT2D eigenvalue weighted by Crippen LogP contribution is 2.44. The number of aliphatic hydroxyl groups is 1. The Bertz CT molecular complexity index is 653. The van der Waals surface area contributed by atoms with Gasteiger partial charge in [-0.3, -0.25) is 0 Å². The van der Waals surface area contributed by atoms with Gasteiger partial charge in [-0.25, -0.2) is 4.39 Å². The molecule has 0 fully saturated rings. The molecule has 1 heterocycles. The molecule has 0 radical (unpaired) electrons. The standard InChI is InChI=1S/C15H11Cl2FO2/c16-12-2-1-3-13(17)14(12)11-6-9(18)4-8-5-10(7-19)20-15(8)11/h1-4,6,10,19H,5,7H2. The maximum Gasteiger partial charge on any atom is 0.131 e. The molecule has 1 N–H and O–H groups in total. The third kappa shape index (κ3) is 2.26. The quantitative estimate of drug-likeness (QED) is 0.904. The Morgan fingerprint density at radius 1 is 1.25 bits per heavy atom. The Labute approximate surface area is 125 Å². The number of hydrogen-bond donors (Lipinski definition) is 1. The van der Waals surface area contributed by atoms with Crippen LogP contribution in [0.5, 0.6) is 5.75 Å². The third-order valence-electron chi connectivity index (χ3n) is 3.30. The van der Waals surface area contributed by atoms with Crippen LogP contribution >= 0.6 is 23.2 Å². The van der Waals surface area contributed by atoms with E-state index in [4.69, 9.17) is 27.9 Å². The monoisotopic (exact) mass is 312 g/mol. The molecule has 1 aliphatic heterocycles. The second-order valence-electron chi connectivity index (χ2n) is 4.66. The van der Waals surface area contributed by atoms with Crippen LogP contribution in [0.25, 0.3) is 11.1 Å². The Balaban J connectivity index is 2.21. The Morgan fingerprint density at radius 2 is 1.95 bits per heavy atom. The van der Waals surface area contributed by atoms with Gasteiger partial charge in [-0.05, 0) is 24.3 Å². The molecule has 20 heavy (non-hydrogen) atoms. The van der Waals surface area contributed by atoms with Gasteiger partial charge in [-0.1, -0.05) is 29.3 Å². The van der Waals surface area contributed by atoms with Crippen LogP contribution < -0.4 is 4.74 Å². The van der Waals surface area contributed by atoms with E-state index >= 15 is 0 Å². The average Bonchev–Trinajstić information content (AvgIpc) is 2.81. The molecule has 1 aliphatic rings. The zero-order valence-electron chi connectivity index (χ0n) is 10.4. The molecule has 0 spiro atoms. The molecule has 0 aromatic heterocycles. The van der Waals surface area contributed by atoms with Gasteiger partial charge in [-0.15, -0.1) is 0 Å². The van der Waals surface area contributed by atoms with E-state index in [9.17, 15) is 9.50 Å². The smallest absolute Gasteiger partial charge is 0.131 e. The maximum atomic E-state index is 13.8. The van der Waals surface area contributed by atoms with E-state index < -0.39 is 0 Å². The number of aliphatic hydroxyl groups excluding tert-OH is 1. The Morgan fingerprint density at radius 3 is 2.60 bits per heavy atom. The van der Waals surface area contributed by atoms with Crippen molar-refractivity contribution >= 4 is 23.2 Å². The first kappa shape index (κ1) is 13.7. The van der Waals surface area contributed by atoms with E-state index in [2.05, 4.69) is 0 Å². The predicted molar refractivity (Wildman–Crippen MR) is 77.1 cm³/mol. The van der Waals surface area contributed by atoms with E-state index in [0.717, 1.165) is 5.56 Å². The first-order chi connectivity index (χ1) is 9.60. The van der Waals surface area contributed by atoms with Gasteiger partial charge in [0.1, 0.15) is 17.7 Å². The summed E-state index contributed by atoms with van der Waals surface area (Å²) in [7, 11) is 0. The summed E-state index contributed by atoms with van der Waals surface area (Å²) < 4.78 is 19.5. The minimum Gasteiger partial charge on any atom is -0.487 e. The summed E-state index contributed by atoms with van der Waals surface area (Å²) in [5.74, 6) is 0.164. The summed E-state index contributed by atoms with van der Waals surface area (Å²) in [4.78, 5) is 0. The van der Waals surface area contributed by atoms with Crippen molar-refractivity contribution in [2.24, 2.45) is 0 Å². The maximum absolute atomic E-state index is 13.8. The molecule has 0 saturated heterocycles. The molecule has 0 saturated carbocycles. The molecule has 0 amide bonds. The van der Waals surface area contributed by atoms with Crippen LogP contribution in [0.2, 0.25) is 10.0 Å². The normalized spacial score (nSPS) is 16.9. The second-order valence-corrected chi connectivity index (χ2v) is 5.48. The van der Waals surface area contributed by atoms with E-state index in [1.54, 1.807) is 18.2 Å². The van der Waals surface area contributed by atoms with Crippen molar-refractivity contribution < 1.29 is 14.2 Å². The van der Waals surface area contributed by atoms with Gasteiger partial charge in [0.25, 0.3) is 0 Å². The van der Waals surface area contributed by atoms with Crippen molar-refractivity contribution in [2.45, 2.75) is 12.5 Å². The largest absolute Gasteiger partial charge is 0.487 e. The predicted octanol–water partition coefficient (Wildman–Crippen LogP) is 4.10. The van der Waals surface area contributed by atoms with E-state index in [0.29, 0.717) is 33.3 Å². The zero-order chi connectivity index (χ0) is 14.3. The summed E-state index contributed by atoms with van der Waals surface area (Å²) >= 11 is 12.4. The number of ether oxygens (including phenoxy) is 1. The van der Waals surface area contributed by atoms with Gasteiger partial charge in [0.15, 0.2) is 0 Å². The number of benzene rings is 2. The molecule has 1 unspecified atom stereocenters. The molecular weight excluding hydrogens is 302 g/mol. The van der Waals surface area contributed by atoms with Crippen LogP contribution in [-0.2, 0) is 6.42 Å². The number of fused-ring (bicyclic) bond motifs is 1. The fourth-order valence-electron chi connectivity index (χ4n) is 2.44. The fourth-order valence-corrected chi connectivity index (χ4v) is 3.04. The second kappa shape index (κ2) is 5.24. The molecule has 2 nitrogen and oxygen atoms in total. The van der Waals surface area contributed by atoms with Crippen LogP contribution in [0, 0.1) is 5.82 Å².